The molecule has 0 amide bonds. The zero-order valence-corrected chi connectivity index (χ0v) is 7.12. The van der Waals surface area contributed by atoms with E-state index in [1.165, 1.54) is 19.3 Å². The second kappa shape index (κ2) is 2.85. The van der Waals surface area contributed by atoms with E-state index in [2.05, 4.69) is 0 Å². The molecule has 2 aromatic rings. The number of rotatable bonds is 1. The van der Waals surface area contributed by atoms with Crippen LogP contribution in [0.2, 0.25) is 0 Å². The van der Waals surface area contributed by atoms with Crippen LogP contribution in [0.25, 0.3) is 11.0 Å². The van der Waals surface area contributed by atoms with Gasteiger partial charge in [-0.15, -0.1) is 0 Å². The molecule has 1 unspecified atom stereocenters. The van der Waals surface area contributed by atoms with E-state index >= 15 is 0 Å². The third-order valence-electron chi connectivity index (χ3n) is 2.02. The van der Waals surface area contributed by atoms with E-state index in [0.717, 1.165) is 5.39 Å². The number of benzene rings is 1. The van der Waals surface area contributed by atoms with Crippen molar-refractivity contribution in [2.24, 2.45) is 0 Å². The first-order valence-electron chi connectivity index (χ1n) is 4.03. The van der Waals surface area contributed by atoms with Gasteiger partial charge in [0, 0.05) is 17.0 Å². The summed E-state index contributed by atoms with van der Waals surface area (Å²) >= 11 is 0. The van der Waals surface area contributed by atoms with Crippen molar-refractivity contribution in [2.75, 3.05) is 0 Å². The molecule has 0 spiro atoms. The Labute approximate surface area is 74.6 Å². The Morgan fingerprint density at radius 3 is 2.92 bits per heavy atom. The van der Waals surface area contributed by atoms with Crippen molar-refractivity contribution in [1.29, 1.82) is 0 Å². The van der Waals surface area contributed by atoms with Crippen molar-refractivity contribution in [3.63, 3.8) is 0 Å². The maximum atomic E-state index is 13.2. The average molecular weight is 180 g/mol. The lowest BCUT2D eigenvalue weighted by atomic mass is 10.1. The largest absolute Gasteiger partial charge is 0.464 e. The van der Waals surface area contributed by atoms with Gasteiger partial charge in [0.2, 0.25) is 0 Å². The van der Waals surface area contributed by atoms with Crippen LogP contribution in [0.15, 0.2) is 28.9 Å². The first-order chi connectivity index (χ1) is 6.18. The Bertz CT molecular complexity index is 431. The lowest BCUT2D eigenvalue weighted by Crippen LogP contribution is -1.94. The standard InChI is InChI=1S/C10H9FO2/c1-6(12)8-4-7-2-3-13-10(7)5-9(8)11/h2-6,12H,1H3. The second-order valence-corrected chi connectivity index (χ2v) is 3.01. The fraction of sp³-hybridized carbons (Fsp3) is 0.200. The number of fused-ring (bicyclic) bond motifs is 1. The molecule has 1 atom stereocenters. The van der Waals surface area contributed by atoms with Gasteiger partial charge in [0.05, 0.1) is 12.4 Å². The predicted molar refractivity (Wildman–Crippen MR) is 46.8 cm³/mol. The van der Waals surface area contributed by atoms with Gasteiger partial charge in [0.1, 0.15) is 11.4 Å². The summed E-state index contributed by atoms with van der Waals surface area (Å²) in [5.74, 6) is -0.433. The first kappa shape index (κ1) is 8.26. The molecule has 13 heavy (non-hydrogen) atoms. The van der Waals surface area contributed by atoms with E-state index < -0.39 is 11.9 Å². The summed E-state index contributed by atoms with van der Waals surface area (Å²) in [5, 5.41) is 10.0. The van der Waals surface area contributed by atoms with E-state index in [1.807, 2.05) is 0 Å². The molecular weight excluding hydrogens is 171 g/mol. The molecule has 3 heteroatoms. The summed E-state index contributed by atoms with van der Waals surface area (Å²) in [7, 11) is 0. The Kier molecular flexibility index (Phi) is 1.81. The van der Waals surface area contributed by atoms with E-state index in [9.17, 15) is 9.50 Å². The summed E-state index contributed by atoms with van der Waals surface area (Å²) in [6.07, 6.45) is 0.704. The van der Waals surface area contributed by atoms with Crippen molar-refractivity contribution in [1.82, 2.24) is 0 Å². The van der Waals surface area contributed by atoms with Crippen molar-refractivity contribution in [3.05, 3.63) is 35.8 Å². The molecule has 2 nitrogen and oxygen atoms in total. The third-order valence-corrected chi connectivity index (χ3v) is 2.02. The first-order valence-corrected chi connectivity index (χ1v) is 4.03. The molecule has 0 saturated carbocycles. The van der Waals surface area contributed by atoms with Crippen LogP contribution in [0, 0.1) is 5.82 Å². The highest BCUT2D eigenvalue weighted by Gasteiger charge is 2.10. The number of halogens is 1. The number of hydrogen-bond donors (Lipinski definition) is 1. The molecule has 2 rings (SSSR count). The third kappa shape index (κ3) is 1.31. The highest BCUT2D eigenvalue weighted by atomic mass is 19.1. The molecule has 1 aromatic heterocycles. The minimum absolute atomic E-state index is 0.300. The van der Waals surface area contributed by atoms with Crippen LogP contribution in [0.5, 0.6) is 0 Å². The monoisotopic (exact) mass is 180 g/mol. The Morgan fingerprint density at radius 1 is 1.46 bits per heavy atom. The number of aliphatic hydroxyl groups excluding tert-OH is 1. The van der Waals surface area contributed by atoms with Crippen molar-refractivity contribution < 1.29 is 13.9 Å². The molecule has 0 saturated heterocycles. The smallest absolute Gasteiger partial charge is 0.136 e. The van der Waals surface area contributed by atoms with Gasteiger partial charge >= 0.3 is 0 Å². The van der Waals surface area contributed by atoms with Gasteiger partial charge in [-0.3, -0.25) is 0 Å². The number of aliphatic hydroxyl groups is 1. The van der Waals surface area contributed by atoms with Crippen LogP contribution in [0.4, 0.5) is 4.39 Å². The molecule has 1 N–H and O–H groups in total. The summed E-state index contributed by atoms with van der Waals surface area (Å²) in [6.45, 7) is 1.53. The quantitative estimate of drug-likeness (QED) is 0.731. The summed E-state index contributed by atoms with van der Waals surface area (Å²) in [5.41, 5.74) is 0.802. The number of hydrogen-bond acceptors (Lipinski definition) is 2. The summed E-state index contributed by atoms with van der Waals surface area (Å²) in [6, 6.07) is 4.62. The van der Waals surface area contributed by atoms with E-state index in [0.29, 0.717) is 11.1 Å². The van der Waals surface area contributed by atoms with Gasteiger partial charge in [-0.25, -0.2) is 4.39 Å². The van der Waals surface area contributed by atoms with Crippen LogP contribution >= 0.6 is 0 Å². The lowest BCUT2D eigenvalue weighted by Gasteiger charge is -2.05. The molecule has 0 aliphatic rings. The van der Waals surface area contributed by atoms with Gasteiger partial charge in [-0.1, -0.05) is 0 Å². The number of furan rings is 1. The van der Waals surface area contributed by atoms with Gasteiger partial charge in [0.25, 0.3) is 0 Å². The molecule has 1 aromatic carbocycles. The second-order valence-electron chi connectivity index (χ2n) is 3.01. The van der Waals surface area contributed by atoms with Crippen LogP contribution in [0.1, 0.15) is 18.6 Å². The minimum atomic E-state index is -0.792. The predicted octanol–water partition coefficient (Wildman–Crippen LogP) is 2.63. The molecule has 0 aliphatic heterocycles. The van der Waals surface area contributed by atoms with Crippen molar-refractivity contribution in [3.8, 4) is 0 Å². The lowest BCUT2D eigenvalue weighted by molar-refractivity contribution is 0.194. The molecule has 0 radical (unpaired) electrons. The average Bonchev–Trinajstić information content (AvgIpc) is 2.48. The zero-order chi connectivity index (χ0) is 9.42. The van der Waals surface area contributed by atoms with Crippen molar-refractivity contribution in [2.45, 2.75) is 13.0 Å². The maximum absolute atomic E-state index is 13.2. The van der Waals surface area contributed by atoms with Gasteiger partial charge < -0.3 is 9.52 Å². The van der Waals surface area contributed by atoms with Crippen LogP contribution < -0.4 is 0 Å². The topological polar surface area (TPSA) is 33.4 Å². The minimum Gasteiger partial charge on any atom is -0.464 e. The fourth-order valence-electron chi connectivity index (χ4n) is 1.32. The molecule has 0 fully saturated rings. The Balaban J connectivity index is 2.69. The molecule has 1 heterocycles. The SMILES string of the molecule is CC(O)c1cc2ccoc2cc1F. The highest BCUT2D eigenvalue weighted by molar-refractivity contribution is 5.78. The van der Waals surface area contributed by atoms with Gasteiger partial charge in [-0.2, -0.15) is 0 Å². The molecule has 0 bridgehead atoms. The fourth-order valence-corrected chi connectivity index (χ4v) is 1.32. The molecule has 0 aliphatic carbocycles. The summed E-state index contributed by atoms with van der Waals surface area (Å²) < 4.78 is 18.2. The van der Waals surface area contributed by atoms with Crippen LogP contribution in [-0.4, -0.2) is 5.11 Å². The van der Waals surface area contributed by atoms with Crippen molar-refractivity contribution >= 4 is 11.0 Å². The van der Waals surface area contributed by atoms with Crippen LogP contribution in [0.3, 0.4) is 0 Å². The van der Waals surface area contributed by atoms with Crippen LogP contribution in [-0.2, 0) is 0 Å². The summed E-state index contributed by atoms with van der Waals surface area (Å²) in [4.78, 5) is 0. The molecular formula is C10H9FO2. The maximum Gasteiger partial charge on any atom is 0.136 e. The zero-order valence-electron chi connectivity index (χ0n) is 7.12. The molecule has 68 valence electrons. The van der Waals surface area contributed by atoms with E-state index in [-0.39, 0.29) is 0 Å². The van der Waals surface area contributed by atoms with E-state index in [4.69, 9.17) is 4.42 Å². The van der Waals surface area contributed by atoms with E-state index in [1.54, 1.807) is 12.1 Å². The Morgan fingerprint density at radius 2 is 2.23 bits per heavy atom. The van der Waals surface area contributed by atoms with Gasteiger partial charge in [-0.05, 0) is 19.1 Å². The Hall–Kier alpha value is -1.35. The normalized spacial score (nSPS) is 13.5. The highest BCUT2D eigenvalue weighted by Crippen LogP contribution is 2.24. The van der Waals surface area contributed by atoms with Gasteiger partial charge in [0.15, 0.2) is 0 Å².